The van der Waals surface area contributed by atoms with Gasteiger partial charge in [-0.1, -0.05) is 26.0 Å². The monoisotopic (exact) mass is 492 g/mol. The van der Waals surface area contributed by atoms with Gasteiger partial charge in [0.2, 0.25) is 0 Å². The number of hydrogen-bond acceptors (Lipinski definition) is 7. The van der Waals surface area contributed by atoms with E-state index in [4.69, 9.17) is 21.1 Å². The van der Waals surface area contributed by atoms with E-state index in [9.17, 15) is 9.90 Å². The molecule has 0 radical (unpaired) electrons. The molecule has 0 spiro atoms. The van der Waals surface area contributed by atoms with Crippen LogP contribution in [-0.4, -0.2) is 29.9 Å². The van der Waals surface area contributed by atoms with Crippen LogP contribution in [0.5, 0.6) is 17.2 Å². The summed E-state index contributed by atoms with van der Waals surface area (Å²) in [5.74, 6) is 6.63. The molecule has 0 amide bonds. The van der Waals surface area contributed by atoms with Gasteiger partial charge >= 0.3 is 0 Å². The van der Waals surface area contributed by atoms with E-state index >= 15 is 0 Å². The van der Waals surface area contributed by atoms with E-state index in [1.54, 1.807) is 18.2 Å². The van der Waals surface area contributed by atoms with Crippen molar-refractivity contribution in [2.45, 2.75) is 33.1 Å². The lowest BCUT2D eigenvalue weighted by Gasteiger charge is -2.13. The van der Waals surface area contributed by atoms with Gasteiger partial charge in [0.15, 0.2) is 11.6 Å². The minimum Gasteiger partial charge on any atom is -0.506 e. The molecule has 0 saturated heterocycles. The standard InChI is InChI=1S/C22H29BrN4O4/c1-14(2)12-18(28)17-8-9-19(20(23)21(17)29)31-11-4-3-10-30-16-7-5-6-15(13-16)22(24)26-27-25/h5-9,13-14,27,29H,3-4,10-12,25H2,1-2H3,(H2,24,26). The topological polar surface area (TPSA) is 132 Å². The lowest BCUT2D eigenvalue weighted by Crippen LogP contribution is -2.23. The maximum absolute atomic E-state index is 12.2. The fourth-order valence-electron chi connectivity index (χ4n) is 2.82. The summed E-state index contributed by atoms with van der Waals surface area (Å²) < 4.78 is 11.9. The van der Waals surface area contributed by atoms with Crippen molar-refractivity contribution < 1.29 is 19.4 Å². The second-order valence-electron chi connectivity index (χ2n) is 7.35. The number of phenolic OH excluding ortho intramolecular Hbond substituents is 1. The highest BCUT2D eigenvalue weighted by Crippen LogP contribution is 2.37. The number of ether oxygens (including phenoxy) is 2. The van der Waals surface area contributed by atoms with E-state index in [1.165, 1.54) is 0 Å². The van der Waals surface area contributed by atoms with Gasteiger partial charge in [-0.15, -0.1) is 5.10 Å². The van der Waals surface area contributed by atoms with Crippen LogP contribution in [0.3, 0.4) is 0 Å². The Balaban J connectivity index is 1.79. The number of nitrogens with zero attached hydrogens (tertiary/aromatic N) is 1. The normalized spacial score (nSPS) is 11.5. The molecule has 0 fully saturated rings. The molecule has 0 unspecified atom stereocenters. The third kappa shape index (κ3) is 7.45. The maximum Gasteiger partial charge on any atom is 0.166 e. The van der Waals surface area contributed by atoms with Gasteiger partial charge in [-0.05, 0) is 59.0 Å². The minimum atomic E-state index is -0.0895. The van der Waals surface area contributed by atoms with Gasteiger partial charge in [0.05, 0.1) is 18.8 Å². The van der Waals surface area contributed by atoms with Crippen molar-refractivity contribution >= 4 is 27.5 Å². The van der Waals surface area contributed by atoms with Crippen molar-refractivity contribution in [1.82, 2.24) is 5.53 Å². The predicted molar refractivity (Wildman–Crippen MR) is 124 cm³/mol. The summed E-state index contributed by atoms with van der Waals surface area (Å²) in [7, 11) is 0. The van der Waals surface area contributed by atoms with E-state index in [1.807, 2.05) is 32.0 Å². The summed E-state index contributed by atoms with van der Waals surface area (Å²) in [6.07, 6.45) is 1.90. The highest BCUT2D eigenvalue weighted by atomic mass is 79.9. The molecule has 6 N–H and O–H groups in total. The van der Waals surface area contributed by atoms with Crippen molar-refractivity contribution in [2.75, 3.05) is 13.2 Å². The Bertz CT molecular complexity index is 918. The number of nitrogens with one attached hydrogen (secondary N) is 1. The molecule has 0 atom stereocenters. The van der Waals surface area contributed by atoms with Crippen molar-refractivity contribution in [3.63, 3.8) is 0 Å². The number of amidine groups is 1. The molecule has 8 nitrogen and oxygen atoms in total. The Morgan fingerprint density at radius 1 is 1.19 bits per heavy atom. The van der Waals surface area contributed by atoms with Crippen LogP contribution in [0.25, 0.3) is 0 Å². The Labute approximate surface area is 190 Å². The lowest BCUT2D eigenvalue weighted by molar-refractivity contribution is 0.0965. The molecule has 9 heteroatoms. The number of benzene rings is 2. The van der Waals surface area contributed by atoms with Crippen LogP contribution in [0.15, 0.2) is 46.0 Å². The Kier molecular flexibility index (Phi) is 9.61. The zero-order valence-electron chi connectivity index (χ0n) is 17.7. The van der Waals surface area contributed by atoms with Gasteiger partial charge in [-0.3, -0.25) is 4.79 Å². The second-order valence-corrected chi connectivity index (χ2v) is 8.15. The quantitative estimate of drug-likeness (QED) is 0.0885. The first kappa shape index (κ1) is 24.5. The number of aromatic hydroxyl groups is 1. The number of nitrogens with two attached hydrogens (primary N) is 2. The summed E-state index contributed by atoms with van der Waals surface area (Å²) >= 11 is 3.32. The first-order chi connectivity index (χ1) is 14.8. The molecular weight excluding hydrogens is 464 g/mol. The van der Waals surface area contributed by atoms with Gasteiger partial charge < -0.3 is 20.3 Å². The number of unbranched alkanes of at least 4 members (excludes halogenated alkanes) is 1. The number of carbonyl (C=O) groups excluding carboxylic acids is 1. The third-order valence-electron chi connectivity index (χ3n) is 4.35. The molecule has 2 aromatic rings. The minimum absolute atomic E-state index is 0.0842. The van der Waals surface area contributed by atoms with E-state index < -0.39 is 0 Å². The summed E-state index contributed by atoms with van der Waals surface area (Å²) in [6, 6.07) is 10.6. The zero-order chi connectivity index (χ0) is 22.8. The second kappa shape index (κ2) is 12.2. The Hall–Kier alpha value is -2.78. The van der Waals surface area contributed by atoms with Crippen LogP contribution < -0.4 is 26.6 Å². The molecule has 0 aliphatic carbocycles. The lowest BCUT2D eigenvalue weighted by atomic mass is 10.0. The molecule has 0 aliphatic heterocycles. The molecule has 0 bridgehead atoms. The van der Waals surface area contributed by atoms with Crippen LogP contribution in [0.4, 0.5) is 0 Å². The van der Waals surface area contributed by atoms with E-state index in [0.29, 0.717) is 46.7 Å². The Morgan fingerprint density at radius 2 is 1.90 bits per heavy atom. The van der Waals surface area contributed by atoms with Crippen LogP contribution in [0.1, 0.15) is 49.0 Å². The number of rotatable bonds is 12. The SMILES string of the molecule is CC(C)CC(=O)c1ccc(OCCCCOc2cccc(/C(N)=N/NN)c2)c(Br)c1O. The summed E-state index contributed by atoms with van der Waals surface area (Å²) in [5, 5.41) is 14.1. The molecule has 2 rings (SSSR count). The highest BCUT2D eigenvalue weighted by Gasteiger charge is 2.17. The van der Waals surface area contributed by atoms with Crippen molar-refractivity contribution in [3.8, 4) is 17.2 Å². The van der Waals surface area contributed by atoms with Crippen molar-refractivity contribution in [2.24, 2.45) is 22.6 Å². The van der Waals surface area contributed by atoms with Crippen molar-refractivity contribution in [3.05, 3.63) is 52.0 Å². The number of carbonyl (C=O) groups is 1. The van der Waals surface area contributed by atoms with Crippen molar-refractivity contribution in [1.29, 1.82) is 0 Å². The molecule has 0 heterocycles. The molecule has 31 heavy (non-hydrogen) atoms. The number of ketones is 1. The maximum atomic E-state index is 12.2. The van der Waals surface area contributed by atoms with Gasteiger partial charge in [-0.25, -0.2) is 11.4 Å². The third-order valence-corrected chi connectivity index (χ3v) is 5.12. The van der Waals surface area contributed by atoms with Crippen LogP contribution in [-0.2, 0) is 0 Å². The molecule has 2 aromatic carbocycles. The molecular formula is C22H29BrN4O4. The summed E-state index contributed by atoms with van der Waals surface area (Å²) in [5.41, 5.74) is 8.96. The first-order valence-electron chi connectivity index (χ1n) is 10.0. The van der Waals surface area contributed by atoms with E-state index in [-0.39, 0.29) is 23.3 Å². The number of Topliss-reactive ketones (excluding diaryl/α,β-unsaturated/α-hetero) is 1. The number of hydrazone groups is 1. The number of hydrazine groups is 1. The summed E-state index contributed by atoms with van der Waals surface area (Å²) in [4.78, 5) is 12.2. The molecule has 0 saturated carbocycles. The van der Waals surface area contributed by atoms with Gasteiger partial charge in [-0.2, -0.15) is 0 Å². The Morgan fingerprint density at radius 3 is 2.58 bits per heavy atom. The average Bonchev–Trinajstić information content (AvgIpc) is 2.73. The van der Waals surface area contributed by atoms with Gasteiger partial charge in [0.1, 0.15) is 21.7 Å². The number of halogens is 1. The van der Waals surface area contributed by atoms with Crippen LogP contribution in [0.2, 0.25) is 0 Å². The van der Waals surface area contributed by atoms with E-state index in [2.05, 4.69) is 26.6 Å². The molecule has 0 aromatic heterocycles. The van der Waals surface area contributed by atoms with Crippen LogP contribution in [0, 0.1) is 5.92 Å². The van der Waals surface area contributed by atoms with Gasteiger partial charge in [0, 0.05) is 12.0 Å². The van der Waals surface area contributed by atoms with Crippen LogP contribution >= 0.6 is 15.9 Å². The fourth-order valence-corrected chi connectivity index (χ4v) is 3.28. The smallest absolute Gasteiger partial charge is 0.166 e. The fraction of sp³-hybridized carbons (Fsp3) is 0.364. The average molecular weight is 493 g/mol. The van der Waals surface area contributed by atoms with E-state index in [0.717, 1.165) is 12.8 Å². The predicted octanol–water partition coefficient (Wildman–Crippen LogP) is 3.71. The number of phenols is 1. The molecule has 0 aliphatic rings. The first-order valence-corrected chi connectivity index (χ1v) is 10.8. The zero-order valence-corrected chi connectivity index (χ0v) is 19.3. The summed E-state index contributed by atoms with van der Waals surface area (Å²) in [6.45, 7) is 4.88. The van der Waals surface area contributed by atoms with Gasteiger partial charge in [0.25, 0.3) is 0 Å². The molecule has 168 valence electrons. The largest absolute Gasteiger partial charge is 0.506 e. The number of hydrogen-bond donors (Lipinski definition) is 4. The highest BCUT2D eigenvalue weighted by molar-refractivity contribution is 9.10.